The maximum absolute atomic E-state index is 15.4. The molecule has 3 heterocycles. The molecule has 4 aromatic rings. The summed E-state index contributed by atoms with van der Waals surface area (Å²) in [6, 6.07) is 6.39. The molecule has 0 aliphatic heterocycles. The lowest BCUT2D eigenvalue weighted by Gasteiger charge is -2.27. The quantitative estimate of drug-likeness (QED) is 0.397. The molecule has 11 heteroatoms. The van der Waals surface area contributed by atoms with Gasteiger partial charge in [-0.15, -0.1) is 0 Å². The van der Waals surface area contributed by atoms with Crippen LogP contribution in [0.2, 0.25) is 0 Å². The minimum Gasteiger partial charge on any atom is -0.497 e. The molecule has 1 unspecified atom stereocenters. The van der Waals surface area contributed by atoms with Crippen LogP contribution in [0.4, 0.5) is 15.9 Å². The second kappa shape index (κ2) is 9.98. The Labute approximate surface area is 195 Å². The average Bonchev–Trinajstić information content (AvgIpc) is 3.28. The lowest BCUT2D eigenvalue weighted by Crippen LogP contribution is -2.32. The number of nitrogens with zero attached hydrogens (tertiary/aromatic N) is 6. The fourth-order valence-corrected chi connectivity index (χ4v) is 3.52. The third-order valence-corrected chi connectivity index (χ3v) is 5.16. The molecule has 0 fully saturated rings. The minimum absolute atomic E-state index is 0.0000241. The number of hydrogen-bond donors (Lipinski definition) is 1. The molecule has 0 bridgehead atoms. The van der Waals surface area contributed by atoms with Crippen molar-refractivity contribution in [3.05, 3.63) is 48.7 Å². The minimum atomic E-state index is -0.924. The first-order chi connectivity index (χ1) is 16.4. The van der Waals surface area contributed by atoms with E-state index in [1.807, 2.05) is 13.2 Å². The first-order valence-corrected chi connectivity index (χ1v) is 10.4. The zero-order valence-electron chi connectivity index (χ0n) is 19.3. The number of fused-ring (bicyclic) bond motifs is 1. The number of rotatable bonds is 9. The Hall–Kier alpha value is -3.83. The van der Waals surface area contributed by atoms with Gasteiger partial charge in [0.05, 0.1) is 57.3 Å². The van der Waals surface area contributed by atoms with E-state index in [1.165, 1.54) is 38.4 Å². The molecule has 1 atom stereocenters. The predicted octanol–water partition coefficient (Wildman–Crippen LogP) is 2.73. The highest BCUT2D eigenvalue weighted by molar-refractivity contribution is 5.77. The lowest BCUT2D eigenvalue weighted by atomic mass is 10.2. The van der Waals surface area contributed by atoms with Crippen molar-refractivity contribution >= 4 is 22.7 Å². The van der Waals surface area contributed by atoms with E-state index >= 15 is 4.39 Å². The molecule has 0 aliphatic rings. The van der Waals surface area contributed by atoms with Crippen LogP contribution in [0.15, 0.2) is 42.9 Å². The molecule has 10 nitrogen and oxygen atoms in total. The van der Waals surface area contributed by atoms with Crippen LogP contribution in [0.5, 0.6) is 11.5 Å². The molecule has 0 radical (unpaired) electrons. The number of aromatic nitrogens is 5. The van der Waals surface area contributed by atoms with E-state index < -0.39 is 11.9 Å². The van der Waals surface area contributed by atoms with Crippen molar-refractivity contribution in [2.24, 2.45) is 7.05 Å². The van der Waals surface area contributed by atoms with Gasteiger partial charge in [-0.3, -0.25) is 9.67 Å². The number of methoxy groups -OCH3 is 3. The van der Waals surface area contributed by atoms with Crippen LogP contribution in [0.25, 0.3) is 22.4 Å². The normalized spacial score (nSPS) is 12.1. The van der Waals surface area contributed by atoms with Gasteiger partial charge in [-0.25, -0.2) is 14.4 Å². The maximum Gasteiger partial charge on any atom is 0.188 e. The zero-order valence-corrected chi connectivity index (χ0v) is 19.3. The van der Waals surface area contributed by atoms with Crippen LogP contribution >= 0.6 is 0 Å². The van der Waals surface area contributed by atoms with Gasteiger partial charge in [0.25, 0.3) is 0 Å². The maximum atomic E-state index is 15.4. The van der Waals surface area contributed by atoms with Gasteiger partial charge in [-0.05, 0) is 12.1 Å². The second-order valence-electron chi connectivity index (χ2n) is 7.55. The van der Waals surface area contributed by atoms with Crippen molar-refractivity contribution in [3.8, 4) is 22.8 Å². The van der Waals surface area contributed by atoms with Crippen LogP contribution in [0.1, 0.15) is 0 Å². The molecule has 0 saturated carbocycles. The van der Waals surface area contributed by atoms with Gasteiger partial charge in [-0.1, -0.05) is 0 Å². The summed E-state index contributed by atoms with van der Waals surface area (Å²) in [5.74, 6) is 0.124. The summed E-state index contributed by atoms with van der Waals surface area (Å²) >= 11 is 0. The highest BCUT2D eigenvalue weighted by atomic mass is 19.1. The van der Waals surface area contributed by atoms with E-state index in [9.17, 15) is 5.11 Å². The Bertz CT molecular complexity index is 1300. The summed E-state index contributed by atoms with van der Waals surface area (Å²) in [7, 11) is 6.14. The van der Waals surface area contributed by atoms with Gasteiger partial charge < -0.3 is 24.2 Å². The Kier molecular flexibility index (Phi) is 6.85. The van der Waals surface area contributed by atoms with Crippen molar-refractivity contribution < 1.29 is 23.7 Å². The van der Waals surface area contributed by atoms with Crippen molar-refractivity contribution in [1.82, 2.24) is 24.7 Å². The van der Waals surface area contributed by atoms with E-state index in [2.05, 4.69) is 20.1 Å². The standard InChI is InChI=1S/C23H25FN6O4/c1-29-11-14(9-26-29)18-10-25-17-5-6-21(28-23(17)27-18)30(12-15(31)13-32-2)19-7-16(33-3)8-20(34-4)22(19)24/h5-11,15,31H,12-13H2,1-4H3. The topological polar surface area (TPSA) is 108 Å². The fraction of sp³-hybridized carbons (Fsp3) is 0.304. The molecule has 0 saturated heterocycles. The lowest BCUT2D eigenvalue weighted by molar-refractivity contribution is 0.0700. The largest absolute Gasteiger partial charge is 0.497 e. The number of anilines is 2. The molecule has 0 spiro atoms. The van der Waals surface area contributed by atoms with E-state index in [4.69, 9.17) is 14.2 Å². The van der Waals surface area contributed by atoms with Crippen molar-refractivity contribution in [2.45, 2.75) is 6.10 Å². The van der Waals surface area contributed by atoms with Crippen LogP contribution in [-0.2, 0) is 11.8 Å². The molecule has 178 valence electrons. The molecular weight excluding hydrogens is 443 g/mol. The molecule has 4 rings (SSSR count). The van der Waals surface area contributed by atoms with E-state index in [-0.39, 0.29) is 24.6 Å². The molecule has 1 N–H and O–H groups in total. The average molecular weight is 468 g/mol. The van der Waals surface area contributed by atoms with Gasteiger partial charge in [0.2, 0.25) is 0 Å². The van der Waals surface area contributed by atoms with E-state index in [0.717, 1.165) is 5.56 Å². The Balaban J connectivity index is 1.83. The number of ether oxygens (including phenoxy) is 3. The molecular formula is C23H25FN6O4. The van der Waals surface area contributed by atoms with Crippen LogP contribution in [0.3, 0.4) is 0 Å². The van der Waals surface area contributed by atoms with Gasteiger partial charge in [-0.2, -0.15) is 5.10 Å². The van der Waals surface area contributed by atoms with Crippen LogP contribution < -0.4 is 14.4 Å². The predicted molar refractivity (Wildman–Crippen MR) is 124 cm³/mol. The summed E-state index contributed by atoms with van der Waals surface area (Å²) in [5, 5.41) is 14.6. The summed E-state index contributed by atoms with van der Waals surface area (Å²) < 4.78 is 32.6. The fourth-order valence-electron chi connectivity index (χ4n) is 3.52. The Morgan fingerprint density at radius 3 is 2.62 bits per heavy atom. The van der Waals surface area contributed by atoms with Gasteiger partial charge in [0, 0.05) is 38.1 Å². The van der Waals surface area contributed by atoms with Crippen LogP contribution in [-0.4, -0.2) is 70.4 Å². The van der Waals surface area contributed by atoms with E-state index in [0.29, 0.717) is 28.4 Å². The summed E-state index contributed by atoms with van der Waals surface area (Å²) in [5.41, 5.74) is 2.44. The molecule has 3 aromatic heterocycles. The Morgan fingerprint density at radius 1 is 1.12 bits per heavy atom. The number of benzene rings is 1. The first-order valence-electron chi connectivity index (χ1n) is 10.4. The highest BCUT2D eigenvalue weighted by Gasteiger charge is 2.23. The van der Waals surface area contributed by atoms with Gasteiger partial charge in [0.1, 0.15) is 17.1 Å². The number of pyridine rings is 1. The van der Waals surface area contributed by atoms with Gasteiger partial charge in [0.15, 0.2) is 17.2 Å². The number of aryl methyl sites for hydroxylation is 1. The molecule has 34 heavy (non-hydrogen) atoms. The van der Waals surface area contributed by atoms with Crippen molar-refractivity contribution in [1.29, 1.82) is 0 Å². The number of hydrogen-bond acceptors (Lipinski definition) is 9. The highest BCUT2D eigenvalue weighted by Crippen LogP contribution is 2.36. The molecule has 0 aliphatic carbocycles. The summed E-state index contributed by atoms with van der Waals surface area (Å²) in [6.45, 7) is 0.0487. The zero-order chi connectivity index (χ0) is 24.2. The molecule has 1 aromatic carbocycles. The third-order valence-electron chi connectivity index (χ3n) is 5.16. The van der Waals surface area contributed by atoms with E-state index in [1.54, 1.807) is 29.2 Å². The number of aliphatic hydroxyl groups is 1. The third kappa shape index (κ3) is 4.75. The number of aliphatic hydroxyl groups excluding tert-OH is 1. The summed E-state index contributed by atoms with van der Waals surface area (Å²) in [6.07, 6.45) is 4.23. The Morgan fingerprint density at radius 2 is 1.94 bits per heavy atom. The monoisotopic (exact) mass is 468 g/mol. The first kappa shape index (κ1) is 23.3. The van der Waals surface area contributed by atoms with Crippen LogP contribution in [0, 0.1) is 5.82 Å². The second-order valence-corrected chi connectivity index (χ2v) is 7.55. The smallest absolute Gasteiger partial charge is 0.188 e. The number of halogens is 1. The van der Waals surface area contributed by atoms with Crippen molar-refractivity contribution in [2.75, 3.05) is 39.4 Å². The summed E-state index contributed by atoms with van der Waals surface area (Å²) in [4.78, 5) is 15.2. The van der Waals surface area contributed by atoms with Gasteiger partial charge >= 0.3 is 0 Å². The van der Waals surface area contributed by atoms with Crippen molar-refractivity contribution in [3.63, 3.8) is 0 Å². The molecule has 0 amide bonds. The SMILES string of the molecule is COCC(O)CN(c1ccc2ncc(-c3cnn(C)c3)nc2n1)c1cc(OC)cc(OC)c1F.